The molecular formula is C14H16BrN5O2S. The van der Waals surface area contributed by atoms with Crippen LogP contribution in [0.1, 0.15) is 12.0 Å². The minimum Gasteiger partial charge on any atom is -0.369 e. The summed E-state index contributed by atoms with van der Waals surface area (Å²) in [6, 6.07) is 5.09. The van der Waals surface area contributed by atoms with Gasteiger partial charge in [0.25, 0.3) is 0 Å². The van der Waals surface area contributed by atoms with Crippen molar-refractivity contribution in [1.29, 1.82) is 0 Å². The average molecular weight is 398 g/mol. The molecule has 0 atom stereocenters. The van der Waals surface area contributed by atoms with Gasteiger partial charge in [-0.15, -0.1) is 0 Å². The van der Waals surface area contributed by atoms with Crippen LogP contribution in [0.4, 0.5) is 17.5 Å². The van der Waals surface area contributed by atoms with Gasteiger partial charge in [0.2, 0.25) is 16.0 Å². The average Bonchev–Trinajstić information content (AvgIpc) is 2.51. The van der Waals surface area contributed by atoms with Gasteiger partial charge in [0.1, 0.15) is 5.82 Å². The summed E-state index contributed by atoms with van der Waals surface area (Å²) in [4.78, 5) is 8.89. The summed E-state index contributed by atoms with van der Waals surface area (Å²) in [7, 11) is -3.54. The number of hydrogen-bond acceptors (Lipinski definition) is 6. The molecule has 4 bridgehead atoms. The second kappa shape index (κ2) is 6.42. The van der Waals surface area contributed by atoms with Crippen LogP contribution in [0.25, 0.3) is 0 Å². The first kappa shape index (κ1) is 16.2. The first-order valence-electron chi connectivity index (χ1n) is 7.10. The van der Waals surface area contributed by atoms with Gasteiger partial charge < -0.3 is 10.6 Å². The molecule has 0 aliphatic carbocycles. The van der Waals surface area contributed by atoms with Crippen LogP contribution in [0.5, 0.6) is 0 Å². The largest absolute Gasteiger partial charge is 0.369 e. The summed E-state index contributed by atoms with van der Waals surface area (Å²) in [5.41, 5.74) is 1.28. The normalized spacial score (nSPS) is 17.0. The third-order valence-electron chi connectivity index (χ3n) is 3.50. The molecule has 1 aromatic heterocycles. The maximum atomic E-state index is 12.4. The SMILES string of the molecule is Cc1c2cccc1S(=O)(=O)NCCCNc1nc(ncc1Br)N2. The number of sulfonamides is 1. The predicted octanol–water partition coefficient (Wildman–Crippen LogP) is 2.39. The zero-order chi connectivity index (χ0) is 16.4. The Balaban J connectivity index is 2.09. The summed E-state index contributed by atoms with van der Waals surface area (Å²) in [6.07, 6.45) is 2.29. The van der Waals surface area contributed by atoms with E-state index in [-0.39, 0.29) is 4.90 Å². The van der Waals surface area contributed by atoms with E-state index in [0.29, 0.717) is 42.5 Å². The van der Waals surface area contributed by atoms with Gasteiger partial charge >= 0.3 is 0 Å². The Morgan fingerprint density at radius 2 is 2.09 bits per heavy atom. The molecule has 0 fully saturated rings. The van der Waals surface area contributed by atoms with Crippen molar-refractivity contribution in [3.05, 3.63) is 34.4 Å². The van der Waals surface area contributed by atoms with E-state index < -0.39 is 10.0 Å². The molecule has 0 amide bonds. The molecule has 2 heterocycles. The van der Waals surface area contributed by atoms with Crippen molar-refractivity contribution in [1.82, 2.24) is 14.7 Å². The van der Waals surface area contributed by atoms with E-state index in [1.54, 1.807) is 31.3 Å². The molecule has 1 aliphatic rings. The number of anilines is 3. The number of benzene rings is 1. The lowest BCUT2D eigenvalue weighted by atomic mass is 10.2. The summed E-state index contributed by atoms with van der Waals surface area (Å²) in [5, 5.41) is 6.25. The van der Waals surface area contributed by atoms with Gasteiger partial charge in [0.05, 0.1) is 9.37 Å². The molecule has 1 aromatic carbocycles. The fraction of sp³-hybridized carbons (Fsp3) is 0.286. The number of nitrogens with zero attached hydrogens (tertiary/aromatic N) is 2. The van der Waals surface area contributed by atoms with Crippen LogP contribution in [0, 0.1) is 6.92 Å². The van der Waals surface area contributed by atoms with Crippen molar-refractivity contribution in [2.45, 2.75) is 18.2 Å². The minimum absolute atomic E-state index is 0.257. The second-order valence-electron chi connectivity index (χ2n) is 5.12. The molecule has 1 aliphatic heterocycles. The molecule has 0 saturated heterocycles. The van der Waals surface area contributed by atoms with E-state index in [0.717, 1.165) is 4.47 Å². The van der Waals surface area contributed by atoms with Crippen molar-refractivity contribution in [2.75, 3.05) is 23.7 Å². The Bertz CT molecular complexity index is 841. The number of nitrogens with one attached hydrogen (secondary N) is 3. The molecule has 0 unspecified atom stereocenters. The molecule has 3 rings (SSSR count). The highest BCUT2D eigenvalue weighted by Crippen LogP contribution is 2.27. The Kier molecular flexibility index (Phi) is 4.51. The zero-order valence-electron chi connectivity index (χ0n) is 12.4. The molecule has 122 valence electrons. The van der Waals surface area contributed by atoms with E-state index >= 15 is 0 Å². The predicted molar refractivity (Wildman–Crippen MR) is 92.5 cm³/mol. The van der Waals surface area contributed by atoms with Crippen LogP contribution in [0.3, 0.4) is 0 Å². The highest BCUT2D eigenvalue weighted by Gasteiger charge is 2.19. The Labute approximate surface area is 143 Å². The van der Waals surface area contributed by atoms with Crippen LogP contribution >= 0.6 is 15.9 Å². The van der Waals surface area contributed by atoms with E-state index in [1.165, 1.54) is 0 Å². The number of halogens is 1. The van der Waals surface area contributed by atoms with Crippen LogP contribution in [-0.4, -0.2) is 31.5 Å². The van der Waals surface area contributed by atoms with E-state index in [4.69, 9.17) is 0 Å². The summed E-state index contributed by atoms with van der Waals surface area (Å²) < 4.78 is 28.2. The van der Waals surface area contributed by atoms with Crippen molar-refractivity contribution in [2.24, 2.45) is 0 Å². The smallest absolute Gasteiger partial charge is 0.240 e. The third-order valence-corrected chi connectivity index (χ3v) is 5.69. The first-order chi connectivity index (χ1) is 11.0. The van der Waals surface area contributed by atoms with Crippen molar-refractivity contribution in [3.8, 4) is 0 Å². The number of rotatable bonds is 0. The quantitative estimate of drug-likeness (QED) is 0.631. The third kappa shape index (κ3) is 3.46. The molecule has 2 aromatic rings. The van der Waals surface area contributed by atoms with Crippen molar-refractivity contribution in [3.63, 3.8) is 0 Å². The standard InChI is InChI=1S/C14H16BrN5O2S/c1-9-11-4-2-5-12(9)23(21,22)18-7-3-6-16-13-10(15)8-17-14(19-11)20-13/h2,4-5,8,18H,3,6-7H2,1H3,(H2,16,17,19,20). The van der Waals surface area contributed by atoms with E-state index in [2.05, 4.69) is 41.3 Å². The highest BCUT2D eigenvalue weighted by atomic mass is 79.9. The van der Waals surface area contributed by atoms with Crippen molar-refractivity contribution < 1.29 is 8.42 Å². The number of aromatic nitrogens is 2. The van der Waals surface area contributed by atoms with Crippen LogP contribution in [0.2, 0.25) is 0 Å². The summed E-state index contributed by atoms with van der Waals surface area (Å²) >= 11 is 3.40. The first-order valence-corrected chi connectivity index (χ1v) is 9.38. The molecule has 0 spiro atoms. The lowest BCUT2D eigenvalue weighted by Gasteiger charge is -2.13. The monoisotopic (exact) mass is 397 g/mol. The van der Waals surface area contributed by atoms with Gasteiger partial charge in [-0.3, -0.25) is 0 Å². The molecule has 9 heteroatoms. The lowest BCUT2D eigenvalue weighted by molar-refractivity contribution is 0.579. The van der Waals surface area contributed by atoms with Crippen LogP contribution < -0.4 is 15.4 Å². The summed E-state index contributed by atoms with van der Waals surface area (Å²) in [6.45, 7) is 2.70. The molecule has 0 radical (unpaired) electrons. The number of hydrogen-bond donors (Lipinski definition) is 3. The van der Waals surface area contributed by atoms with Crippen LogP contribution in [0.15, 0.2) is 33.8 Å². The Morgan fingerprint density at radius 1 is 1.26 bits per heavy atom. The highest BCUT2D eigenvalue weighted by molar-refractivity contribution is 9.10. The van der Waals surface area contributed by atoms with Gasteiger partial charge in [0, 0.05) is 25.0 Å². The lowest BCUT2D eigenvalue weighted by Crippen LogP contribution is -2.26. The zero-order valence-corrected chi connectivity index (χ0v) is 14.8. The molecule has 3 N–H and O–H groups in total. The maximum Gasteiger partial charge on any atom is 0.240 e. The maximum absolute atomic E-state index is 12.4. The van der Waals surface area contributed by atoms with Gasteiger partial charge in [-0.2, -0.15) is 4.98 Å². The van der Waals surface area contributed by atoms with Crippen molar-refractivity contribution >= 4 is 43.4 Å². The van der Waals surface area contributed by atoms with E-state index in [1.807, 2.05) is 0 Å². The van der Waals surface area contributed by atoms with Gasteiger partial charge in [0.15, 0.2) is 0 Å². The van der Waals surface area contributed by atoms with E-state index in [9.17, 15) is 8.42 Å². The molecule has 23 heavy (non-hydrogen) atoms. The van der Waals surface area contributed by atoms with Crippen LogP contribution in [-0.2, 0) is 10.0 Å². The second-order valence-corrected chi connectivity index (χ2v) is 7.71. The summed E-state index contributed by atoms with van der Waals surface area (Å²) in [5.74, 6) is 1.07. The van der Waals surface area contributed by atoms with Gasteiger partial charge in [-0.1, -0.05) is 6.07 Å². The number of fused-ring (bicyclic) bond motifs is 4. The van der Waals surface area contributed by atoms with Gasteiger partial charge in [-0.05, 0) is 47.0 Å². The topological polar surface area (TPSA) is 96.0 Å². The van der Waals surface area contributed by atoms with Gasteiger partial charge in [-0.25, -0.2) is 18.1 Å². The molecule has 7 nitrogen and oxygen atoms in total. The Morgan fingerprint density at radius 3 is 2.91 bits per heavy atom. The minimum atomic E-state index is -3.54. The molecular weight excluding hydrogens is 382 g/mol. The molecule has 0 saturated carbocycles. The fourth-order valence-electron chi connectivity index (χ4n) is 2.29. The Hall–Kier alpha value is -1.71. The fourth-order valence-corrected chi connectivity index (χ4v) is 3.96.